The number of para-hydroxylation sites is 1. The Hall–Kier alpha value is -4.53. The van der Waals surface area contributed by atoms with Gasteiger partial charge < -0.3 is 19.7 Å². The fraction of sp³-hybridized carbons (Fsp3) is 0.154. The molecule has 0 aliphatic carbocycles. The SMILES string of the molecule is O=C(O)[C@@H]1CCCN1C(=O)/C=C/c1ccc(-c2ncc3c(Oc4ccccc4F)c[nH]c3n2)cc1. The predicted molar refractivity (Wildman–Crippen MR) is 127 cm³/mol. The summed E-state index contributed by atoms with van der Waals surface area (Å²) in [4.78, 5) is 37.1. The molecule has 1 atom stereocenters. The van der Waals surface area contributed by atoms with Crippen molar-refractivity contribution in [3.05, 3.63) is 78.4 Å². The van der Waals surface area contributed by atoms with Crippen LogP contribution >= 0.6 is 0 Å². The van der Waals surface area contributed by atoms with Gasteiger partial charge in [0.1, 0.15) is 11.7 Å². The summed E-state index contributed by atoms with van der Waals surface area (Å²) >= 11 is 0. The van der Waals surface area contributed by atoms with Gasteiger partial charge >= 0.3 is 5.97 Å². The number of halogens is 1. The first-order valence-electron chi connectivity index (χ1n) is 11.1. The van der Waals surface area contributed by atoms with Crippen molar-refractivity contribution in [1.82, 2.24) is 19.9 Å². The van der Waals surface area contributed by atoms with E-state index >= 15 is 0 Å². The number of hydrogen-bond acceptors (Lipinski definition) is 5. The van der Waals surface area contributed by atoms with Gasteiger partial charge in [-0.05, 0) is 36.6 Å². The minimum absolute atomic E-state index is 0.114. The van der Waals surface area contributed by atoms with E-state index in [4.69, 9.17) is 4.74 Å². The van der Waals surface area contributed by atoms with Crippen molar-refractivity contribution in [2.75, 3.05) is 6.54 Å². The Kier molecular flexibility index (Phi) is 5.97. The quantitative estimate of drug-likeness (QED) is 0.396. The molecule has 3 heterocycles. The van der Waals surface area contributed by atoms with Crippen molar-refractivity contribution in [1.29, 1.82) is 0 Å². The largest absolute Gasteiger partial charge is 0.480 e. The summed E-state index contributed by atoms with van der Waals surface area (Å²) in [5, 5.41) is 9.87. The van der Waals surface area contributed by atoms with Crippen LogP contribution in [0.4, 0.5) is 4.39 Å². The van der Waals surface area contributed by atoms with E-state index in [0.29, 0.717) is 42.0 Å². The zero-order valence-electron chi connectivity index (χ0n) is 18.5. The van der Waals surface area contributed by atoms with Gasteiger partial charge in [0.25, 0.3) is 0 Å². The number of H-pyrrole nitrogens is 1. The topological polar surface area (TPSA) is 108 Å². The van der Waals surface area contributed by atoms with Gasteiger partial charge in [-0.3, -0.25) is 4.79 Å². The second-order valence-electron chi connectivity index (χ2n) is 8.12. The van der Waals surface area contributed by atoms with E-state index in [9.17, 15) is 19.1 Å². The number of fused-ring (bicyclic) bond motifs is 1. The smallest absolute Gasteiger partial charge is 0.326 e. The second kappa shape index (κ2) is 9.38. The van der Waals surface area contributed by atoms with Crippen LogP contribution in [0, 0.1) is 5.82 Å². The van der Waals surface area contributed by atoms with Gasteiger partial charge in [-0.25, -0.2) is 19.2 Å². The summed E-state index contributed by atoms with van der Waals surface area (Å²) in [7, 11) is 0. The summed E-state index contributed by atoms with van der Waals surface area (Å²) < 4.78 is 19.6. The third kappa shape index (κ3) is 4.61. The predicted octanol–water partition coefficient (Wildman–Crippen LogP) is 4.65. The molecule has 2 aromatic heterocycles. The number of benzene rings is 2. The average molecular weight is 472 g/mol. The summed E-state index contributed by atoms with van der Waals surface area (Å²) in [6.45, 7) is 0.449. The van der Waals surface area contributed by atoms with Crippen LogP contribution in [-0.2, 0) is 9.59 Å². The number of ether oxygens (including phenoxy) is 1. The van der Waals surface area contributed by atoms with E-state index in [1.54, 1.807) is 36.7 Å². The monoisotopic (exact) mass is 472 g/mol. The third-order valence-corrected chi connectivity index (χ3v) is 5.86. The van der Waals surface area contributed by atoms with E-state index in [1.165, 1.54) is 17.0 Å². The van der Waals surface area contributed by atoms with Crippen LogP contribution in [0.15, 0.2) is 67.0 Å². The highest BCUT2D eigenvalue weighted by Gasteiger charge is 2.32. The molecule has 0 saturated carbocycles. The van der Waals surface area contributed by atoms with Crippen molar-refractivity contribution >= 4 is 29.0 Å². The lowest BCUT2D eigenvalue weighted by Gasteiger charge is -2.19. The van der Waals surface area contributed by atoms with Crippen LogP contribution in [-0.4, -0.2) is 49.4 Å². The number of aromatic amines is 1. The lowest BCUT2D eigenvalue weighted by Crippen LogP contribution is -2.39. The number of aliphatic carboxylic acids is 1. The molecule has 1 saturated heterocycles. The number of carbonyl (C=O) groups excluding carboxylic acids is 1. The lowest BCUT2D eigenvalue weighted by atomic mass is 10.1. The zero-order chi connectivity index (χ0) is 24.4. The van der Waals surface area contributed by atoms with Gasteiger partial charge in [-0.2, -0.15) is 0 Å². The number of hydrogen-bond donors (Lipinski definition) is 2. The number of nitrogens with one attached hydrogen (secondary N) is 1. The van der Waals surface area contributed by atoms with Gasteiger partial charge in [-0.15, -0.1) is 0 Å². The molecule has 1 aliphatic rings. The normalized spacial score (nSPS) is 15.7. The number of rotatable bonds is 6. The van der Waals surface area contributed by atoms with Crippen LogP contribution in [0.2, 0.25) is 0 Å². The number of carbonyl (C=O) groups is 2. The summed E-state index contributed by atoms with van der Waals surface area (Å²) in [6.07, 6.45) is 7.44. The van der Waals surface area contributed by atoms with Crippen molar-refractivity contribution in [3.63, 3.8) is 0 Å². The van der Waals surface area contributed by atoms with Gasteiger partial charge in [0.2, 0.25) is 5.91 Å². The summed E-state index contributed by atoms with van der Waals surface area (Å²) in [5.41, 5.74) is 2.11. The molecule has 8 nitrogen and oxygen atoms in total. The van der Waals surface area contributed by atoms with Crippen LogP contribution in [0.5, 0.6) is 11.5 Å². The lowest BCUT2D eigenvalue weighted by molar-refractivity contribution is -0.146. The Morgan fingerprint density at radius 2 is 1.94 bits per heavy atom. The van der Waals surface area contributed by atoms with E-state index < -0.39 is 17.8 Å². The maximum atomic E-state index is 13.9. The highest BCUT2D eigenvalue weighted by atomic mass is 19.1. The van der Waals surface area contributed by atoms with Crippen molar-refractivity contribution in [2.24, 2.45) is 0 Å². The van der Waals surface area contributed by atoms with E-state index in [0.717, 1.165) is 11.1 Å². The molecule has 2 aromatic carbocycles. The minimum Gasteiger partial charge on any atom is -0.480 e. The van der Waals surface area contributed by atoms with Crippen molar-refractivity contribution < 1.29 is 23.8 Å². The molecule has 4 aromatic rings. The molecule has 0 bridgehead atoms. The Bertz CT molecular complexity index is 1430. The number of carboxylic acids is 1. The standard InChI is InChI=1S/C26H21FN4O4/c27-19-4-1-2-6-21(19)35-22-15-29-25-18(22)14-28-24(30-25)17-10-7-16(8-11-17)9-12-23(32)31-13-3-5-20(31)26(33)34/h1-2,4,6-12,14-15,20H,3,5,13H2,(H,33,34)(H,28,29,30)/b12-9+/t20-/m0/s1. The van der Waals surface area contributed by atoms with Crippen LogP contribution < -0.4 is 4.74 Å². The third-order valence-electron chi connectivity index (χ3n) is 5.86. The van der Waals surface area contributed by atoms with Gasteiger partial charge in [0, 0.05) is 30.6 Å². The molecule has 0 unspecified atom stereocenters. The first kappa shape index (κ1) is 22.3. The van der Waals surface area contributed by atoms with E-state index in [1.807, 2.05) is 24.3 Å². The number of aromatic nitrogens is 3. The van der Waals surface area contributed by atoms with E-state index in [-0.39, 0.29) is 11.7 Å². The number of likely N-dealkylation sites (tertiary alicyclic amines) is 1. The van der Waals surface area contributed by atoms with E-state index in [2.05, 4.69) is 15.0 Å². The molecule has 1 amide bonds. The van der Waals surface area contributed by atoms with Crippen LogP contribution in [0.3, 0.4) is 0 Å². The summed E-state index contributed by atoms with van der Waals surface area (Å²) in [6, 6.07) is 12.7. The molecule has 35 heavy (non-hydrogen) atoms. The van der Waals surface area contributed by atoms with Crippen LogP contribution in [0.25, 0.3) is 28.5 Å². The minimum atomic E-state index is -0.974. The Balaban J connectivity index is 1.30. The first-order chi connectivity index (χ1) is 17.0. The number of nitrogens with zero attached hydrogens (tertiary/aromatic N) is 3. The maximum Gasteiger partial charge on any atom is 0.326 e. The van der Waals surface area contributed by atoms with Gasteiger partial charge in [-0.1, -0.05) is 36.4 Å². The van der Waals surface area contributed by atoms with Gasteiger partial charge in [0.15, 0.2) is 23.1 Å². The molecule has 1 fully saturated rings. The zero-order valence-corrected chi connectivity index (χ0v) is 18.5. The molecule has 176 valence electrons. The van der Waals surface area contributed by atoms with Crippen molar-refractivity contribution in [3.8, 4) is 22.9 Å². The van der Waals surface area contributed by atoms with Crippen molar-refractivity contribution in [2.45, 2.75) is 18.9 Å². The maximum absolute atomic E-state index is 13.9. The fourth-order valence-electron chi connectivity index (χ4n) is 4.05. The Morgan fingerprint density at radius 3 is 2.71 bits per heavy atom. The Labute approximate surface area is 199 Å². The molecular formula is C26H21FN4O4. The molecular weight excluding hydrogens is 451 g/mol. The molecule has 2 N–H and O–H groups in total. The number of amides is 1. The molecule has 5 rings (SSSR count). The fourth-order valence-corrected chi connectivity index (χ4v) is 4.05. The highest BCUT2D eigenvalue weighted by Crippen LogP contribution is 2.31. The molecule has 9 heteroatoms. The average Bonchev–Trinajstić information content (AvgIpc) is 3.52. The summed E-state index contributed by atoms with van der Waals surface area (Å²) in [5.74, 6) is -0.721. The van der Waals surface area contributed by atoms with Gasteiger partial charge in [0.05, 0.1) is 5.39 Å². The molecule has 1 aliphatic heterocycles. The first-order valence-corrected chi connectivity index (χ1v) is 11.1. The molecule has 0 spiro atoms. The highest BCUT2D eigenvalue weighted by molar-refractivity contribution is 5.94. The molecule has 0 radical (unpaired) electrons. The second-order valence-corrected chi connectivity index (χ2v) is 8.12. The van der Waals surface area contributed by atoms with Crippen LogP contribution in [0.1, 0.15) is 18.4 Å². The Morgan fingerprint density at radius 1 is 1.14 bits per heavy atom. The number of carboxylic acid groups (broad SMARTS) is 1.